The van der Waals surface area contributed by atoms with Crippen LogP contribution >= 0.6 is 0 Å². The van der Waals surface area contributed by atoms with Crippen molar-refractivity contribution in [1.29, 1.82) is 0 Å². The van der Waals surface area contributed by atoms with Crippen molar-refractivity contribution in [1.82, 2.24) is 10.2 Å². The van der Waals surface area contributed by atoms with E-state index >= 15 is 0 Å². The number of nitrogens with one attached hydrogen (secondary N) is 1. The molecule has 2 unspecified atom stereocenters. The molecule has 2 aliphatic rings. The third kappa shape index (κ3) is 5.19. The molecule has 6 N–H and O–H groups in total. The molecule has 1 saturated carbocycles. The highest BCUT2D eigenvalue weighted by Crippen LogP contribution is 2.34. The molecule has 154 valence electrons. The summed E-state index contributed by atoms with van der Waals surface area (Å²) >= 11 is 0. The molecule has 2 fully saturated rings. The van der Waals surface area contributed by atoms with Gasteiger partial charge >= 0.3 is 0 Å². The summed E-state index contributed by atoms with van der Waals surface area (Å²) in [7, 11) is 0. The summed E-state index contributed by atoms with van der Waals surface area (Å²) in [6.45, 7) is 8.05. The average molecular weight is 383 g/mol. The van der Waals surface area contributed by atoms with Gasteiger partial charge in [-0.15, -0.1) is 0 Å². The zero-order valence-electron chi connectivity index (χ0n) is 16.8. The first-order valence-electron chi connectivity index (χ1n) is 9.77. The van der Waals surface area contributed by atoms with Crippen LogP contribution in [0.4, 0.5) is 0 Å². The molecule has 27 heavy (non-hydrogen) atoms. The lowest BCUT2D eigenvalue weighted by molar-refractivity contribution is -0.143. The van der Waals surface area contributed by atoms with Crippen molar-refractivity contribution < 1.29 is 19.5 Å². The molecule has 1 aliphatic carbocycles. The predicted molar refractivity (Wildman–Crippen MR) is 101 cm³/mol. The van der Waals surface area contributed by atoms with E-state index in [1.54, 1.807) is 4.90 Å². The Hall–Kier alpha value is -1.67. The van der Waals surface area contributed by atoms with Crippen molar-refractivity contribution in [2.45, 2.75) is 77.6 Å². The number of carbonyl (C=O) groups is 3. The highest BCUT2D eigenvalue weighted by atomic mass is 16.3. The molecule has 0 aromatic rings. The summed E-state index contributed by atoms with van der Waals surface area (Å²) in [4.78, 5) is 38.8. The van der Waals surface area contributed by atoms with Gasteiger partial charge in [-0.1, -0.05) is 40.5 Å². The quantitative estimate of drug-likeness (QED) is 0.480. The Labute approximate surface area is 161 Å². The molecule has 5 atom stereocenters. The molecule has 8 nitrogen and oxygen atoms in total. The number of primary amides is 1. The lowest BCUT2D eigenvalue weighted by Gasteiger charge is -2.34. The molecule has 0 spiro atoms. The van der Waals surface area contributed by atoms with Crippen LogP contribution in [0.2, 0.25) is 0 Å². The van der Waals surface area contributed by atoms with Crippen LogP contribution in [0.1, 0.15) is 53.4 Å². The Morgan fingerprint density at radius 2 is 1.81 bits per heavy atom. The molecule has 0 aromatic carbocycles. The van der Waals surface area contributed by atoms with Gasteiger partial charge in [-0.25, -0.2) is 0 Å². The smallest absolute Gasteiger partial charge is 0.248 e. The van der Waals surface area contributed by atoms with Crippen LogP contribution in [0.25, 0.3) is 0 Å². The van der Waals surface area contributed by atoms with E-state index in [1.807, 2.05) is 27.7 Å². The minimum absolute atomic E-state index is 0.0339. The second-order valence-corrected chi connectivity index (χ2v) is 9.23. The topological polar surface area (TPSA) is 139 Å². The Balaban J connectivity index is 2.13. The van der Waals surface area contributed by atoms with E-state index in [1.165, 1.54) is 0 Å². The van der Waals surface area contributed by atoms with Crippen LogP contribution in [-0.2, 0) is 14.4 Å². The fourth-order valence-corrected chi connectivity index (χ4v) is 3.59. The van der Waals surface area contributed by atoms with Crippen LogP contribution < -0.4 is 16.8 Å². The van der Waals surface area contributed by atoms with Crippen molar-refractivity contribution in [2.24, 2.45) is 28.7 Å². The zero-order chi connectivity index (χ0) is 20.5. The number of nitrogens with two attached hydrogens (primary N) is 2. The summed E-state index contributed by atoms with van der Waals surface area (Å²) in [5, 5.41) is 12.9. The van der Waals surface area contributed by atoms with Crippen molar-refractivity contribution in [3.8, 4) is 0 Å². The van der Waals surface area contributed by atoms with Gasteiger partial charge in [0.2, 0.25) is 17.7 Å². The predicted octanol–water partition coefficient (Wildman–Crippen LogP) is -0.272. The fourth-order valence-electron chi connectivity index (χ4n) is 3.59. The molecule has 1 saturated heterocycles. The summed E-state index contributed by atoms with van der Waals surface area (Å²) < 4.78 is 0. The van der Waals surface area contributed by atoms with Gasteiger partial charge in [-0.3, -0.25) is 14.4 Å². The van der Waals surface area contributed by atoms with Gasteiger partial charge in [0.15, 0.2) is 6.10 Å². The number of hydrogen-bond acceptors (Lipinski definition) is 5. The second-order valence-electron chi connectivity index (χ2n) is 9.23. The van der Waals surface area contributed by atoms with Crippen LogP contribution in [0.3, 0.4) is 0 Å². The molecular weight excluding hydrogens is 348 g/mol. The molecule has 1 heterocycles. The summed E-state index contributed by atoms with van der Waals surface area (Å²) in [6.07, 6.45) is 1.80. The van der Waals surface area contributed by atoms with E-state index < -0.39 is 35.6 Å². The van der Waals surface area contributed by atoms with Crippen LogP contribution in [0, 0.1) is 17.3 Å². The normalized spacial score (nSPS) is 26.4. The lowest BCUT2D eigenvalue weighted by atomic mass is 9.86. The number of amides is 3. The van der Waals surface area contributed by atoms with Gasteiger partial charge in [-0.05, 0) is 30.1 Å². The second kappa shape index (κ2) is 8.14. The number of likely N-dealkylation sites (tertiary alicyclic amines) is 1. The number of nitrogens with zero attached hydrogens (tertiary/aromatic N) is 1. The Bertz CT molecular complexity index is 585. The first kappa shape index (κ1) is 21.6. The van der Waals surface area contributed by atoms with Crippen LogP contribution in [0.15, 0.2) is 0 Å². The van der Waals surface area contributed by atoms with E-state index in [9.17, 15) is 19.5 Å². The molecule has 2 rings (SSSR count). The van der Waals surface area contributed by atoms with E-state index in [2.05, 4.69) is 5.32 Å². The Morgan fingerprint density at radius 1 is 1.22 bits per heavy atom. The van der Waals surface area contributed by atoms with Crippen LogP contribution in [0.5, 0.6) is 0 Å². The highest BCUT2D eigenvalue weighted by Gasteiger charge is 2.44. The summed E-state index contributed by atoms with van der Waals surface area (Å²) in [6, 6.07) is -2.10. The first-order valence-corrected chi connectivity index (χ1v) is 9.77. The maximum atomic E-state index is 13.0. The number of aliphatic hydroxyl groups excluding tert-OH is 1. The maximum absolute atomic E-state index is 13.0. The van der Waals surface area contributed by atoms with Gasteiger partial charge in [0, 0.05) is 6.54 Å². The minimum atomic E-state index is -1.44. The number of rotatable bonds is 7. The van der Waals surface area contributed by atoms with Crippen molar-refractivity contribution in [2.75, 3.05) is 6.54 Å². The third-order valence-electron chi connectivity index (χ3n) is 5.74. The van der Waals surface area contributed by atoms with Gasteiger partial charge < -0.3 is 26.8 Å². The Morgan fingerprint density at radius 3 is 2.30 bits per heavy atom. The SMILES string of the molecule is C[C@H]1CCN(C(=O)[C@@H](N)C(C)(C)C)[C@@H]1C(=O)NC(CC1CC1)C(O)C(N)=O. The van der Waals surface area contributed by atoms with Gasteiger partial charge in [0.05, 0.1) is 12.1 Å². The molecule has 0 aromatic heterocycles. The Kier molecular flexibility index (Phi) is 6.52. The van der Waals surface area contributed by atoms with E-state index in [0.29, 0.717) is 25.3 Å². The van der Waals surface area contributed by atoms with Gasteiger partial charge in [0.1, 0.15) is 6.04 Å². The molecule has 1 aliphatic heterocycles. The molecular formula is C19H34N4O4. The van der Waals surface area contributed by atoms with Crippen molar-refractivity contribution in [3.63, 3.8) is 0 Å². The van der Waals surface area contributed by atoms with E-state index in [4.69, 9.17) is 11.5 Å². The van der Waals surface area contributed by atoms with Gasteiger partial charge in [0.25, 0.3) is 0 Å². The van der Waals surface area contributed by atoms with Crippen LogP contribution in [-0.4, -0.2) is 58.5 Å². The minimum Gasteiger partial charge on any atom is -0.381 e. The van der Waals surface area contributed by atoms with E-state index in [0.717, 1.165) is 12.8 Å². The summed E-state index contributed by atoms with van der Waals surface area (Å²) in [5.41, 5.74) is 10.9. The third-order valence-corrected chi connectivity index (χ3v) is 5.74. The molecule has 0 radical (unpaired) electrons. The fraction of sp³-hybridized carbons (Fsp3) is 0.842. The average Bonchev–Trinajstić information content (AvgIpc) is 3.30. The molecule has 0 bridgehead atoms. The van der Waals surface area contributed by atoms with Gasteiger partial charge in [-0.2, -0.15) is 0 Å². The zero-order valence-corrected chi connectivity index (χ0v) is 16.8. The molecule has 8 heteroatoms. The number of aliphatic hydroxyl groups is 1. The largest absolute Gasteiger partial charge is 0.381 e. The maximum Gasteiger partial charge on any atom is 0.248 e. The first-order chi connectivity index (χ1) is 12.4. The number of hydrogen-bond donors (Lipinski definition) is 4. The summed E-state index contributed by atoms with van der Waals surface area (Å²) in [5.74, 6) is -1.12. The van der Waals surface area contributed by atoms with Crippen molar-refractivity contribution in [3.05, 3.63) is 0 Å². The van der Waals surface area contributed by atoms with E-state index in [-0.39, 0.29) is 17.7 Å². The van der Waals surface area contributed by atoms with Crippen molar-refractivity contribution >= 4 is 17.7 Å². The molecule has 3 amide bonds. The standard InChI is InChI=1S/C19H34N4O4/c1-10-7-8-23(18(27)15(20)19(2,3)4)13(10)17(26)22-12(9-11-5-6-11)14(24)16(21)25/h10-15,24H,5-9,20H2,1-4H3,(H2,21,25)(H,22,26)/t10-,12?,13-,14?,15+/m0/s1. The lowest BCUT2D eigenvalue weighted by Crippen LogP contribution is -2.58. The monoisotopic (exact) mass is 382 g/mol. The number of carbonyl (C=O) groups excluding carboxylic acids is 3. The highest BCUT2D eigenvalue weighted by molar-refractivity contribution is 5.91.